The molecule has 1 rings (SSSR count). The lowest BCUT2D eigenvalue weighted by atomic mass is 9.93. The zero-order valence-electron chi connectivity index (χ0n) is 11.0. The smallest absolute Gasteiger partial charge is 0.176 e. The number of hydrogen-bond acceptors (Lipinski definition) is 3. The van der Waals surface area contributed by atoms with E-state index in [0.29, 0.717) is 12.3 Å². The molecule has 0 aliphatic rings. The van der Waals surface area contributed by atoms with Gasteiger partial charge in [0.1, 0.15) is 10.6 Å². The molecule has 3 heteroatoms. The number of unbranched alkanes of at least 4 members (excludes halogenated alkanes) is 1. The van der Waals surface area contributed by atoms with Gasteiger partial charge in [0.25, 0.3) is 0 Å². The van der Waals surface area contributed by atoms with Crippen LogP contribution >= 0.6 is 11.3 Å². The van der Waals surface area contributed by atoms with Gasteiger partial charge in [-0.3, -0.25) is 4.79 Å². The first-order valence-electron chi connectivity index (χ1n) is 6.37. The summed E-state index contributed by atoms with van der Waals surface area (Å²) in [5, 5.41) is 1.92. The minimum atomic E-state index is 0.236. The zero-order chi connectivity index (χ0) is 12.7. The quantitative estimate of drug-likeness (QED) is 0.636. The van der Waals surface area contributed by atoms with E-state index < -0.39 is 0 Å². The molecule has 0 spiro atoms. The predicted octanol–water partition coefficient (Wildman–Crippen LogP) is 4.55. The summed E-state index contributed by atoms with van der Waals surface area (Å²) in [6.07, 6.45) is 5.32. The second-order valence-electron chi connectivity index (χ2n) is 4.36. The van der Waals surface area contributed by atoms with Crippen LogP contribution in [0, 0.1) is 5.92 Å². The zero-order valence-corrected chi connectivity index (χ0v) is 11.8. The summed E-state index contributed by atoms with van der Waals surface area (Å²) in [5.74, 6) is 1.49. The Balaban J connectivity index is 2.58. The first-order valence-corrected chi connectivity index (χ1v) is 7.25. The third kappa shape index (κ3) is 4.15. The number of hydrogen-bond donors (Lipinski definition) is 0. The molecule has 1 aromatic rings. The Hall–Kier alpha value is -0.830. The van der Waals surface area contributed by atoms with E-state index in [-0.39, 0.29) is 5.78 Å². The van der Waals surface area contributed by atoms with Crippen LogP contribution in [0.4, 0.5) is 0 Å². The third-order valence-electron chi connectivity index (χ3n) is 3.12. The highest BCUT2D eigenvalue weighted by atomic mass is 32.1. The van der Waals surface area contributed by atoms with Crippen molar-refractivity contribution in [2.75, 3.05) is 7.11 Å². The number of carbonyl (C=O) groups excluding carboxylic acids is 1. The molecule has 0 fully saturated rings. The number of carbonyl (C=O) groups is 1. The highest BCUT2D eigenvalue weighted by Crippen LogP contribution is 2.28. The molecular weight excluding hydrogens is 232 g/mol. The van der Waals surface area contributed by atoms with Crippen LogP contribution in [0.15, 0.2) is 11.4 Å². The highest BCUT2D eigenvalue weighted by Gasteiger charge is 2.18. The minimum absolute atomic E-state index is 0.236. The van der Waals surface area contributed by atoms with Crippen molar-refractivity contribution in [3.05, 3.63) is 16.3 Å². The van der Waals surface area contributed by atoms with Crippen molar-refractivity contribution in [1.82, 2.24) is 0 Å². The molecular formula is C14H22O2S. The van der Waals surface area contributed by atoms with E-state index in [1.807, 2.05) is 11.4 Å². The van der Waals surface area contributed by atoms with Crippen LogP contribution in [0.5, 0.6) is 5.75 Å². The van der Waals surface area contributed by atoms with Crippen molar-refractivity contribution >= 4 is 17.1 Å². The normalized spacial score (nSPS) is 12.4. The number of ether oxygens (including phenoxy) is 1. The van der Waals surface area contributed by atoms with Crippen molar-refractivity contribution in [3.8, 4) is 5.75 Å². The van der Waals surface area contributed by atoms with Crippen molar-refractivity contribution < 1.29 is 9.53 Å². The van der Waals surface area contributed by atoms with Gasteiger partial charge in [-0.1, -0.05) is 39.5 Å². The molecule has 0 aliphatic carbocycles. The van der Waals surface area contributed by atoms with Crippen molar-refractivity contribution in [3.63, 3.8) is 0 Å². The first kappa shape index (κ1) is 14.2. The van der Waals surface area contributed by atoms with Gasteiger partial charge in [0.15, 0.2) is 5.78 Å². The van der Waals surface area contributed by atoms with E-state index in [1.54, 1.807) is 7.11 Å². The fourth-order valence-electron chi connectivity index (χ4n) is 1.96. The van der Waals surface area contributed by atoms with Gasteiger partial charge in [-0.15, -0.1) is 11.3 Å². The maximum absolute atomic E-state index is 12.1. The molecule has 2 nitrogen and oxygen atoms in total. The largest absolute Gasteiger partial charge is 0.495 e. The molecule has 1 aromatic heterocycles. The van der Waals surface area contributed by atoms with E-state index in [4.69, 9.17) is 4.74 Å². The first-order chi connectivity index (χ1) is 8.22. The maximum Gasteiger partial charge on any atom is 0.176 e. The van der Waals surface area contributed by atoms with Gasteiger partial charge in [-0.2, -0.15) is 0 Å². The number of ketones is 1. The van der Waals surface area contributed by atoms with E-state index in [2.05, 4.69) is 13.8 Å². The summed E-state index contributed by atoms with van der Waals surface area (Å²) in [6.45, 7) is 4.36. The van der Waals surface area contributed by atoms with Gasteiger partial charge < -0.3 is 4.74 Å². The number of thiophene rings is 1. The molecule has 17 heavy (non-hydrogen) atoms. The van der Waals surface area contributed by atoms with Crippen LogP contribution in [0.2, 0.25) is 0 Å². The second kappa shape index (κ2) is 7.49. The fourth-order valence-corrected chi connectivity index (χ4v) is 2.77. The van der Waals surface area contributed by atoms with Crippen LogP contribution in [-0.4, -0.2) is 12.9 Å². The molecule has 1 heterocycles. The Labute approximate surface area is 108 Å². The Morgan fingerprint density at radius 1 is 1.47 bits per heavy atom. The Morgan fingerprint density at radius 3 is 2.82 bits per heavy atom. The van der Waals surface area contributed by atoms with Gasteiger partial charge in [0, 0.05) is 6.42 Å². The van der Waals surface area contributed by atoms with E-state index >= 15 is 0 Å². The van der Waals surface area contributed by atoms with Gasteiger partial charge in [0.05, 0.1) is 7.11 Å². The third-order valence-corrected chi connectivity index (χ3v) is 4.06. The van der Waals surface area contributed by atoms with Gasteiger partial charge in [0.2, 0.25) is 0 Å². The SMILES string of the molecule is CCCCC(CC)CC(=O)c1sccc1OC. The lowest BCUT2D eigenvalue weighted by Crippen LogP contribution is -2.08. The number of methoxy groups -OCH3 is 1. The standard InChI is InChI=1S/C14H22O2S/c1-4-6-7-11(5-2)10-12(15)14-13(16-3)8-9-17-14/h8-9,11H,4-7,10H2,1-3H3. The maximum atomic E-state index is 12.1. The predicted molar refractivity (Wildman–Crippen MR) is 73.1 cm³/mol. The Morgan fingerprint density at radius 2 is 2.24 bits per heavy atom. The van der Waals surface area contributed by atoms with E-state index in [1.165, 1.54) is 24.2 Å². The van der Waals surface area contributed by atoms with Gasteiger partial charge in [-0.25, -0.2) is 0 Å². The number of rotatable bonds is 8. The van der Waals surface area contributed by atoms with Crippen LogP contribution in [0.25, 0.3) is 0 Å². The molecule has 1 atom stereocenters. The average Bonchev–Trinajstić information content (AvgIpc) is 2.82. The van der Waals surface area contributed by atoms with Gasteiger partial charge in [-0.05, 0) is 17.4 Å². The molecule has 0 saturated carbocycles. The summed E-state index contributed by atoms with van der Waals surface area (Å²) >= 11 is 1.48. The van der Waals surface area contributed by atoms with E-state index in [0.717, 1.165) is 23.5 Å². The molecule has 0 amide bonds. The van der Waals surface area contributed by atoms with Crippen molar-refractivity contribution in [1.29, 1.82) is 0 Å². The summed E-state index contributed by atoms with van der Waals surface area (Å²) in [4.78, 5) is 12.9. The lowest BCUT2D eigenvalue weighted by Gasteiger charge is -2.13. The lowest BCUT2D eigenvalue weighted by molar-refractivity contribution is 0.0958. The monoisotopic (exact) mass is 254 g/mol. The summed E-state index contributed by atoms with van der Waals surface area (Å²) in [5.41, 5.74) is 0. The fraction of sp³-hybridized carbons (Fsp3) is 0.643. The van der Waals surface area contributed by atoms with Gasteiger partial charge >= 0.3 is 0 Å². The summed E-state index contributed by atoms with van der Waals surface area (Å²) in [6, 6.07) is 1.87. The molecule has 0 bridgehead atoms. The Bertz CT molecular complexity index is 344. The molecule has 0 saturated heterocycles. The molecule has 1 unspecified atom stereocenters. The van der Waals surface area contributed by atoms with Crippen LogP contribution in [0.3, 0.4) is 0 Å². The second-order valence-corrected chi connectivity index (χ2v) is 5.28. The molecule has 96 valence electrons. The summed E-state index contributed by atoms with van der Waals surface area (Å²) < 4.78 is 5.19. The highest BCUT2D eigenvalue weighted by molar-refractivity contribution is 7.12. The van der Waals surface area contributed by atoms with Crippen LogP contribution < -0.4 is 4.74 Å². The van der Waals surface area contributed by atoms with Crippen LogP contribution in [0.1, 0.15) is 55.6 Å². The van der Waals surface area contributed by atoms with Crippen molar-refractivity contribution in [2.45, 2.75) is 46.0 Å². The minimum Gasteiger partial charge on any atom is -0.495 e. The van der Waals surface area contributed by atoms with Crippen molar-refractivity contribution in [2.24, 2.45) is 5.92 Å². The summed E-state index contributed by atoms with van der Waals surface area (Å²) in [7, 11) is 1.62. The number of Topliss-reactive ketones (excluding diaryl/α,β-unsaturated/α-hetero) is 1. The molecule has 0 aromatic carbocycles. The van der Waals surface area contributed by atoms with E-state index in [9.17, 15) is 4.79 Å². The molecule has 0 radical (unpaired) electrons. The average molecular weight is 254 g/mol. The molecule has 0 aliphatic heterocycles. The molecule has 0 N–H and O–H groups in total. The topological polar surface area (TPSA) is 26.3 Å². The van der Waals surface area contributed by atoms with Crippen LogP contribution in [-0.2, 0) is 0 Å². The Kier molecular flexibility index (Phi) is 6.27.